The number of aromatic nitrogens is 2. The number of nitrogens with one attached hydrogen (secondary N) is 1. The summed E-state index contributed by atoms with van der Waals surface area (Å²) in [7, 11) is 1.52. The molecule has 2 aromatic rings. The van der Waals surface area contributed by atoms with Crippen LogP contribution in [0.4, 0.5) is 13.6 Å². The number of halogens is 3. The Balaban J connectivity index is 1.35. The number of carbonyl (C=O) groups is 2. The third-order valence-electron chi connectivity index (χ3n) is 5.74. The van der Waals surface area contributed by atoms with E-state index in [-0.39, 0.29) is 17.5 Å². The maximum atomic E-state index is 13.0. The molecule has 7 nitrogen and oxygen atoms in total. The summed E-state index contributed by atoms with van der Waals surface area (Å²) < 4.78 is 27.2. The fourth-order valence-corrected chi connectivity index (χ4v) is 4.63. The first-order valence-electron chi connectivity index (χ1n) is 9.70. The minimum atomic E-state index is -2.55. The third-order valence-corrected chi connectivity index (χ3v) is 5.96. The van der Waals surface area contributed by atoms with Crippen molar-refractivity contribution in [2.45, 2.75) is 13.0 Å². The summed E-state index contributed by atoms with van der Waals surface area (Å²) in [6.45, 7) is 3.33. The molecular formula is C20H22ClF2N5O2. The molecule has 2 aliphatic heterocycles. The van der Waals surface area contributed by atoms with Gasteiger partial charge in [-0.1, -0.05) is 11.6 Å². The van der Waals surface area contributed by atoms with Crippen molar-refractivity contribution in [2.75, 3.05) is 33.2 Å². The summed E-state index contributed by atoms with van der Waals surface area (Å²) in [5.41, 5.74) is 1.04. The van der Waals surface area contributed by atoms with Crippen LogP contribution in [0.5, 0.6) is 0 Å². The lowest BCUT2D eigenvalue weighted by atomic mass is 10.0. The molecule has 2 saturated heterocycles. The van der Waals surface area contributed by atoms with Crippen molar-refractivity contribution >= 4 is 23.5 Å². The van der Waals surface area contributed by atoms with E-state index >= 15 is 0 Å². The van der Waals surface area contributed by atoms with Gasteiger partial charge in [0.15, 0.2) is 0 Å². The lowest BCUT2D eigenvalue weighted by molar-refractivity contribution is 0.0963. The molecule has 1 aromatic carbocycles. The van der Waals surface area contributed by atoms with Gasteiger partial charge in [0.1, 0.15) is 0 Å². The summed E-state index contributed by atoms with van der Waals surface area (Å²) in [5, 5.41) is 6.82. The maximum absolute atomic E-state index is 13.0. The molecule has 2 aliphatic rings. The van der Waals surface area contributed by atoms with Crippen molar-refractivity contribution in [3.05, 3.63) is 52.3 Å². The Morgan fingerprint density at radius 2 is 1.90 bits per heavy atom. The number of hydrogen-bond acceptors (Lipinski definition) is 4. The van der Waals surface area contributed by atoms with Crippen LogP contribution < -0.4 is 5.32 Å². The second-order valence-electron chi connectivity index (χ2n) is 7.85. The number of amides is 2. The van der Waals surface area contributed by atoms with Crippen molar-refractivity contribution in [3.63, 3.8) is 0 Å². The molecule has 30 heavy (non-hydrogen) atoms. The minimum Gasteiger partial charge on any atom is -0.355 e. The van der Waals surface area contributed by atoms with Gasteiger partial charge in [-0.25, -0.2) is 13.6 Å². The molecule has 1 aromatic heterocycles. The monoisotopic (exact) mass is 437 g/mol. The molecule has 0 saturated carbocycles. The summed E-state index contributed by atoms with van der Waals surface area (Å²) in [6, 6.07) is 4.27. The standard InChI is InChI=1S/C20H22ClF2N5O2/c1-24-19(29)14-5-25-28(11-14)20(30)27-9-15-7-26(8-16(15)10-27)6-12-2-13(18(22)23)4-17(21)3-12/h2-5,11,15-16,18H,6-10H2,1H3,(H,24,29). The zero-order valence-electron chi connectivity index (χ0n) is 16.4. The fourth-order valence-electron chi connectivity index (χ4n) is 4.36. The SMILES string of the molecule is CNC(=O)c1cnn(C(=O)N2CC3CN(Cc4cc(Cl)cc(C(F)F)c4)CC3C2)c1. The van der Waals surface area contributed by atoms with Gasteiger partial charge in [-0.3, -0.25) is 9.69 Å². The van der Waals surface area contributed by atoms with E-state index in [0.717, 1.165) is 18.7 Å². The molecule has 0 spiro atoms. The largest absolute Gasteiger partial charge is 0.355 e. The zero-order chi connectivity index (χ0) is 21.4. The maximum Gasteiger partial charge on any atom is 0.344 e. The number of likely N-dealkylation sites (tertiary alicyclic amines) is 2. The van der Waals surface area contributed by atoms with Gasteiger partial charge in [-0.05, 0) is 35.6 Å². The number of carbonyl (C=O) groups excluding carboxylic acids is 2. The van der Waals surface area contributed by atoms with Gasteiger partial charge < -0.3 is 10.2 Å². The Morgan fingerprint density at radius 3 is 2.53 bits per heavy atom. The first-order chi connectivity index (χ1) is 14.3. The molecule has 2 atom stereocenters. The first kappa shape index (κ1) is 20.7. The van der Waals surface area contributed by atoms with Gasteiger partial charge in [0.25, 0.3) is 12.3 Å². The normalized spacial score (nSPS) is 21.3. The highest BCUT2D eigenvalue weighted by Gasteiger charge is 2.42. The smallest absolute Gasteiger partial charge is 0.344 e. The fraction of sp³-hybridized carbons (Fsp3) is 0.450. The van der Waals surface area contributed by atoms with E-state index in [2.05, 4.69) is 15.3 Å². The predicted molar refractivity (Wildman–Crippen MR) is 107 cm³/mol. The van der Waals surface area contributed by atoms with Crippen molar-refractivity contribution in [1.29, 1.82) is 0 Å². The van der Waals surface area contributed by atoms with Gasteiger partial charge >= 0.3 is 6.03 Å². The Bertz CT molecular complexity index is 952. The summed E-state index contributed by atoms with van der Waals surface area (Å²) in [6.07, 6.45) is 0.251. The van der Waals surface area contributed by atoms with Crippen LogP contribution in [0.3, 0.4) is 0 Å². The van der Waals surface area contributed by atoms with Crippen LogP contribution in [0, 0.1) is 11.8 Å². The Labute approximate surface area is 177 Å². The number of benzene rings is 1. The third kappa shape index (κ3) is 4.17. The second kappa shape index (κ2) is 8.31. The molecule has 2 unspecified atom stereocenters. The van der Waals surface area contributed by atoms with Crippen molar-refractivity contribution < 1.29 is 18.4 Å². The quantitative estimate of drug-likeness (QED) is 0.798. The topological polar surface area (TPSA) is 70.5 Å². The van der Waals surface area contributed by atoms with E-state index in [4.69, 9.17) is 11.6 Å². The molecular weight excluding hydrogens is 416 g/mol. The van der Waals surface area contributed by atoms with Gasteiger partial charge in [-0.2, -0.15) is 9.78 Å². The highest BCUT2D eigenvalue weighted by molar-refractivity contribution is 6.30. The molecule has 4 rings (SSSR count). The van der Waals surface area contributed by atoms with Gasteiger partial charge in [0, 0.05) is 56.6 Å². The average Bonchev–Trinajstić information content (AvgIpc) is 3.41. The number of nitrogens with zero attached hydrogens (tertiary/aromatic N) is 4. The molecule has 2 fully saturated rings. The van der Waals surface area contributed by atoms with Gasteiger partial charge in [-0.15, -0.1) is 0 Å². The molecule has 10 heteroatoms. The van der Waals surface area contributed by atoms with Crippen molar-refractivity contribution in [3.8, 4) is 0 Å². The van der Waals surface area contributed by atoms with Crippen LogP contribution >= 0.6 is 11.6 Å². The van der Waals surface area contributed by atoms with E-state index in [1.165, 1.54) is 36.3 Å². The minimum absolute atomic E-state index is 0.0657. The number of alkyl halides is 2. The molecule has 3 heterocycles. The Kier molecular flexibility index (Phi) is 5.75. The van der Waals surface area contributed by atoms with Crippen LogP contribution in [-0.4, -0.2) is 64.7 Å². The lowest BCUT2D eigenvalue weighted by Crippen LogP contribution is -2.36. The molecule has 160 valence electrons. The van der Waals surface area contributed by atoms with E-state index in [1.54, 1.807) is 11.0 Å². The number of fused-ring (bicyclic) bond motifs is 1. The molecule has 2 amide bonds. The summed E-state index contributed by atoms with van der Waals surface area (Å²) in [5.74, 6) is 0.340. The second-order valence-corrected chi connectivity index (χ2v) is 8.28. The Morgan fingerprint density at radius 1 is 1.20 bits per heavy atom. The number of hydrogen-bond donors (Lipinski definition) is 1. The number of rotatable bonds is 4. The molecule has 0 radical (unpaired) electrons. The zero-order valence-corrected chi connectivity index (χ0v) is 17.1. The van der Waals surface area contributed by atoms with Crippen molar-refractivity contribution in [2.24, 2.45) is 11.8 Å². The molecule has 0 aliphatic carbocycles. The first-order valence-corrected chi connectivity index (χ1v) is 10.1. The highest BCUT2D eigenvalue weighted by atomic mass is 35.5. The summed E-state index contributed by atoms with van der Waals surface area (Å²) in [4.78, 5) is 28.3. The Hall–Kier alpha value is -2.52. The average molecular weight is 438 g/mol. The van der Waals surface area contributed by atoms with Crippen LogP contribution in [-0.2, 0) is 6.54 Å². The molecule has 0 bridgehead atoms. The van der Waals surface area contributed by atoms with Crippen LogP contribution in [0.2, 0.25) is 5.02 Å². The van der Waals surface area contributed by atoms with E-state index < -0.39 is 6.43 Å². The van der Waals surface area contributed by atoms with Crippen LogP contribution in [0.25, 0.3) is 0 Å². The van der Waals surface area contributed by atoms with Crippen LogP contribution in [0.1, 0.15) is 27.9 Å². The van der Waals surface area contributed by atoms with E-state index in [9.17, 15) is 18.4 Å². The lowest BCUT2D eigenvalue weighted by Gasteiger charge is -2.21. The van der Waals surface area contributed by atoms with E-state index in [0.29, 0.717) is 42.1 Å². The van der Waals surface area contributed by atoms with Crippen molar-refractivity contribution in [1.82, 2.24) is 24.9 Å². The summed E-state index contributed by atoms with van der Waals surface area (Å²) >= 11 is 5.99. The van der Waals surface area contributed by atoms with Gasteiger partial charge in [0.05, 0.1) is 11.8 Å². The van der Waals surface area contributed by atoms with Gasteiger partial charge in [0.2, 0.25) is 0 Å². The van der Waals surface area contributed by atoms with E-state index in [1.807, 2.05) is 0 Å². The highest BCUT2D eigenvalue weighted by Crippen LogP contribution is 2.33. The molecule has 1 N–H and O–H groups in total. The van der Waals surface area contributed by atoms with Crippen LogP contribution in [0.15, 0.2) is 30.6 Å². The predicted octanol–water partition coefficient (Wildman–Crippen LogP) is 2.87.